The van der Waals surface area contributed by atoms with Gasteiger partial charge < -0.3 is 15.7 Å². The summed E-state index contributed by atoms with van der Waals surface area (Å²) in [6.07, 6.45) is 5.19. The largest absolute Gasteiger partial charge is 0.481 e. The maximum absolute atomic E-state index is 12.0. The molecule has 1 aliphatic carbocycles. The summed E-state index contributed by atoms with van der Waals surface area (Å²) in [5, 5.41) is 8.64. The number of carbonyl (C=O) groups excluding carboxylic acids is 1. The van der Waals surface area contributed by atoms with Crippen LogP contribution in [0.2, 0.25) is 0 Å². The minimum Gasteiger partial charge on any atom is -0.481 e. The third-order valence-electron chi connectivity index (χ3n) is 4.00. The van der Waals surface area contributed by atoms with Gasteiger partial charge in [-0.2, -0.15) is 0 Å². The maximum atomic E-state index is 12.0. The van der Waals surface area contributed by atoms with E-state index >= 15 is 0 Å². The van der Waals surface area contributed by atoms with Gasteiger partial charge in [0.2, 0.25) is 5.91 Å². The monoisotopic (exact) mass is 256 g/mol. The van der Waals surface area contributed by atoms with Crippen LogP contribution in [0.3, 0.4) is 0 Å². The summed E-state index contributed by atoms with van der Waals surface area (Å²) < 4.78 is 0. The number of carbonyl (C=O) groups is 2. The number of hydrogen-bond donors (Lipinski definition) is 2. The SMILES string of the molecule is CCC1CCC(N(C)C(=O)C(N)CC(=O)O)CC1. The Bertz CT molecular complexity index is 299. The number of carboxylic acid groups (broad SMARTS) is 1. The first-order chi connectivity index (χ1) is 8.45. The zero-order valence-electron chi connectivity index (χ0n) is 11.3. The lowest BCUT2D eigenvalue weighted by Gasteiger charge is -2.35. The van der Waals surface area contributed by atoms with Crippen LogP contribution in [0.25, 0.3) is 0 Å². The van der Waals surface area contributed by atoms with Gasteiger partial charge >= 0.3 is 5.97 Å². The predicted octanol–water partition coefficient (Wildman–Crippen LogP) is 1.22. The number of nitrogens with zero attached hydrogens (tertiary/aromatic N) is 1. The molecule has 3 N–H and O–H groups in total. The molecule has 0 saturated heterocycles. The zero-order chi connectivity index (χ0) is 13.7. The Morgan fingerprint density at radius 2 is 1.89 bits per heavy atom. The van der Waals surface area contributed by atoms with E-state index in [1.165, 1.54) is 6.42 Å². The van der Waals surface area contributed by atoms with Crippen LogP contribution in [0.5, 0.6) is 0 Å². The number of nitrogens with two attached hydrogens (primary N) is 1. The van der Waals surface area contributed by atoms with Gasteiger partial charge in [-0.25, -0.2) is 0 Å². The summed E-state index contributed by atoms with van der Waals surface area (Å²) in [7, 11) is 1.74. The fraction of sp³-hybridized carbons (Fsp3) is 0.846. The van der Waals surface area contributed by atoms with Crippen LogP contribution in [0.4, 0.5) is 0 Å². The molecule has 1 unspecified atom stereocenters. The van der Waals surface area contributed by atoms with Crippen molar-refractivity contribution in [3.8, 4) is 0 Å². The average Bonchev–Trinajstić information content (AvgIpc) is 2.36. The van der Waals surface area contributed by atoms with Crippen LogP contribution in [0.1, 0.15) is 45.4 Å². The first-order valence-electron chi connectivity index (χ1n) is 6.69. The third kappa shape index (κ3) is 3.98. The summed E-state index contributed by atoms with van der Waals surface area (Å²) in [6, 6.07) is -0.698. The molecule has 1 atom stereocenters. The molecular weight excluding hydrogens is 232 g/mol. The van der Waals surface area contributed by atoms with Crippen molar-refractivity contribution in [2.24, 2.45) is 11.7 Å². The van der Waals surface area contributed by atoms with Crippen molar-refractivity contribution in [2.75, 3.05) is 7.05 Å². The van der Waals surface area contributed by atoms with Crippen LogP contribution < -0.4 is 5.73 Å². The highest BCUT2D eigenvalue weighted by Gasteiger charge is 2.29. The van der Waals surface area contributed by atoms with Crippen LogP contribution in [0, 0.1) is 5.92 Å². The Labute approximate surface area is 108 Å². The van der Waals surface area contributed by atoms with Crippen LogP contribution in [0.15, 0.2) is 0 Å². The van der Waals surface area contributed by atoms with E-state index in [4.69, 9.17) is 10.8 Å². The first kappa shape index (κ1) is 15.0. The molecule has 5 nitrogen and oxygen atoms in total. The smallest absolute Gasteiger partial charge is 0.305 e. The topological polar surface area (TPSA) is 83.6 Å². The van der Waals surface area contributed by atoms with Crippen molar-refractivity contribution in [1.29, 1.82) is 0 Å². The molecule has 0 aliphatic heterocycles. The summed E-state index contributed by atoms with van der Waals surface area (Å²) in [5.74, 6) is -0.506. The average molecular weight is 256 g/mol. The number of rotatable bonds is 5. The molecule has 0 aromatic rings. The fourth-order valence-corrected chi connectivity index (χ4v) is 2.66. The Morgan fingerprint density at radius 3 is 2.33 bits per heavy atom. The van der Waals surface area contributed by atoms with Gasteiger partial charge in [0.1, 0.15) is 0 Å². The number of amides is 1. The molecule has 104 valence electrons. The van der Waals surface area contributed by atoms with E-state index in [0.717, 1.165) is 31.6 Å². The highest BCUT2D eigenvalue weighted by Crippen LogP contribution is 2.29. The predicted molar refractivity (Wildman–Crippen MR) is 69.0 cm³/mol. The van der Waals surface area contributed by atoms with Gasteiger partial charge in [-0.1, -0.05) is 13.3 Å². The minimum atomic E-state index is -1.03. The molecule has 0 heterocycles. The van der Waals surface area contributed by atoms with Gasteiger partial charge in [0, 0.05) is 13.1 Å². The molecule has 0 spiro atoms. The zero-order valence-corrected chi connectivity index (χ0v) is 11.3. The molecular formula is C13H24N2O3. The lowest BCUT2D eigenvalue weighted by atomic mass is 9.84. The third-order valence-corrected chi connectivity index (χ3v) is 4.00. The summed E-state index contributed by atoms with van der Waals surface area (Å²) >= 11 is 0. The molecule has 0 bridgehead atoms. The van der Waals surface area contributed by atoms with E-state index in [-0.39, 0.29) is 18.4 Å². The summed E-state index contributed by atoms with van der Waals surface area (Å²) in [6.45, 7) is 2.20. The lowest BCUT2D eigenvalue weighted by molar-refractivity contribution is -0.142. The fourth-order valence-electron chi connectivity index (χ4n) is 2.66. The van der Waals surface area contributed by atoms with E-state index < -0.39 is 12.0 Å². The van der Waals surface area contributed by atoms with E-state index in [1.54, 1.807) is 11.9 Å². The van der Waals surface area contributed by atoms with Gasteiger partial charge in [0.15, 0.2) is 0 Å². The Balaban J connectivity index is 2.46. The molecule has 1 saturated carbocycles. The lowest BCUT2D eigenvalue weighted by Crippen LogP contribution is -2.48. The highest BCUT2D eigenvalue weighted by molar-refractivity contribution is 5.86. The standard InChI is InChI=1S/C13H24N2O3/c1-3-9-4-6-10(7-5-9)15(2)13(18)11(14)8-12(16)17/h9-11H,3-8,14H2,1-2H3,(H,16,17). The molecule has 1 amide bonds. The molecule has 0 aromatic heterocycles. The second kappa shape index (κ2) is 6.73. The molecule has 1 rings (SSSR count). The molecule has 5 heteroatoms. The number of aliphatic carboxylic acids is 1. The second-order valence-electron chi connectivity index (χ2n) is 5.24. The molecule has 0 aromatic carbocycles. The Hall–Kier alpha value is -1.10. The van der Waals surface area contributed by atoms with E-state index in [9.17, 15) is 9.59 Å². The minimum absolute atomic E-state index is 0.222. The van der Waals surface area contributed by atoms with Crippen molar-refractivity contribution in [1.82, 2.24) is 4.90 Å². The number of hydrogen-bond acceptors (Lipinski definition) is 3. The Morgan fingerprint density at radius 1 is 1.33 bits per heavy atom. The number of carboxylic acids is 1. The molecule has 1 aliphatic rings. The Kier molecular flexibility index (Phi) is 5.59. The van der Waals surface area contributed by atoms with Gasteiger partial charge in [0.25, 0.3) is 0 Å². The molecule has 1 fully saturated rings. The van der Waals surface area contributed by atoms with Crippen molar-refractivity contribution >= 4 is 11.9 Å². The van der Waals surface area contributed by atoms with Gasteiger partial charge in [-0.05, 0) is 31.6 Å². The second-order valence-corrected chi connectivity index (χ2v) is 5.24. The van der Waals surface area contributed by atoms with Gasteiger partial charge in [-0.3, -0.25) is 9.59 Å². The van der Waals surface area contributed by atoms with Gasteiger partial charge in [-0.15, -0.1) is 0 Å². The first-order valence-corrected chi connectivity index (χ1v) is 6.69. The highest BCUT2D eigenvalue weighted by atomic mass is 16.4. The van der Waals surface area contributed by atoms with Crippen LogP contribution >= 0.6 is 0 Å². The quantitative estimate of drug-likeness (QED) is 0.774. The van der Waals surface area contributed by atoms with Gasteiger partial charge in [0.05, 0.1) is 12.5 Å². The van der Waals surface area contributed by atoms with Crippen molar-refractivity contribution < 1.29 is 14.7 Å². The van der Waals surface area contributed by atoms with E-state index in [1.807, 2.05) is 0 Å². The van der Waals surface area contributed by atoms with Crippen LogP contribution in [-0.2, 0) is 9.59 Å². The normalized spacial score (nSPS) is 25.5. The van der Waals surface area contributed by atoms with Crippen LogP contribution in [-0.4, -0.2) is 41.0 Å². The molecule has 18 heavy (non-hydrogen) atoms. The van der Waals surface area contributed by atoms with E-state index in [0.29, 0.717) is 0 Å². The number of likely N-dealkylation sites (N-methyl/N-ethyl adjacent to an activating group) is 1. The van der Waals surface area contributed by atoms with Crippen molar-refractivity contribution in [2.45, 2.75) is 57.5 Å². The molecule has 0 radical (unpaired) electrons. The van der Waals surface area contributed by atoms with E-state index in [2.05, 4.69) is 6.92 Å². The maximum Gasteiger partial charge on any atom is 0.305 e. The van der Waals surface area contributed by atoms with Crippen molar-refractivity contribution in [3.63, 3.8) is 0 Å². The summed E-state index contributed by atoms with van der Waals surface area (Å²) in [5.41, 5.74) is 5.61. The summed E-state index contributed by atoms with van der Waals surface area (Å²) in [4.78, 5) is 24.2. The van der Waals surface area contributed by atoms with Crippen molar-refractivity contribution in [3.05, 3.63) is 0 Å².